The summed E-state index contributed by atoms with van der Waals surface area (Å²) in [5.41, 5.74) is 2.35. The number of benzene rings is 1. The number of ketones is 1. The number of H-pyrrole nitrogens is 1. The van der Waals surface area contributed by atoms with E-state index in [4.69, 9.17) is 4.74 Å². The Kier molecular flexibility index (Phi) is 5.97. The van der Waals surface area contributed by atoms with Crippen molar-refractivity contribution in [1.29, 1.82) is 0 Å². The van der Waals surface area contributed by atoms with E-state index < -0.39 is 12.0 Å². The van der Waals surface area contributed by atoms with Crippen LogP contribution in [0.2, 0.25) is 0 Å². The van der Waals surface area contributed by atoms with Crippen molar-refractivity contribution in [2.45, 2.75) is 33.7 Å². The zero-order valence-corrected chi connectivity index (χ0v) is 15.8. The largest absolute Gasteiger partial charge is 0.464 e. The van der Waals surface area contributed by atoms with Crippen LogP contribution >= 0.6 is 0 Å². The minimum Gasteiger partial charge on any atom is -0.464 e. The van der Waals surface area contributed by atoms with Crippen LogP contribution in [-0.2, 0) is 4.74 Å². The van der Waals surface area contributed by atoms with Gasteiger partial charge in [0, 0.05) is 23.4 Å². The number of Topliss-reactive ketones (excluding diaryl/α,β-unsaturated/α-hetero) is 1. The van der Waals surface area contributed by atoms with Gasteiger partial charge < -0.3 is 14.6 Å². The first-order valence-corrected chi connectivity index (χ1v) is 8.51. The first kappa shape index (κ1) is 19.4. The van der Waals surface area contributed by atoms with Crippen LogP contribution in [0.25, 0.3) is 0 Å². The standard InChI is InChI=1S/C20H24N2O4/c1-6-22(19(24)15-10-8-7-9-11-15)14(4)18(23)16-12(2)17(20(25)26-5)21-13(16)3/h7-11,14,21H,6H2,1-5H3. The number of likely N-dealkylation sites (N-methyl/N-ethyl adjacent to an activating group) is 1. The number of methoxy groups -OCH3 is 1. The zero-order chi connectivity index (χ0) is 19.4. The Labute approximate surface area is 153 Å². The predicted octanol–water partition coefficient (Wildman–Crippen LogP) is 3.15. The van der Waals surface area contributed by atoms with Gasteiger partial charge in [0.2, 0.25) is 0 Å². The first-order chi connectivity index (χ1) is 12.3. The number of carbonyl (C=O) groups is 3. The topological polar surface area (TPSA) is 79.5 Å². The number of nitrogens with zero attached hydrogens (tertiary/aromatic N) is 1. The number of amides is 1. The molecule has 1 heterocycles. The van der Waals surface area contributed by atoms with Crippen molar-refractivity contribution >= 4 is 17.7 Å². The highest BCUT2D eigenvalue weighted by Gasteiger charge is 2.30. The van der Waals surface area contributed by atoms with Crippen molar-refractivity contribution in [1.82, 2.24) is 9.88 Å². The Hall–Kier alpha value is -2.89. The van der Waals surface area contributed by atoms with E-state index in [1.807, 2.05) is 13.0 Å². The molecule has 0 saturated carbocycles. The molecule has 0 fully saturated rings. The molecule has 0 aliphatic heterocycles. The summed E-state index contributed by atoms with van der Waals surface area (Å²) in [6.45, 7) is 7.37. The smallest absolute Gasteiger partial charge is 0.354 e. The van der Waals surface area contributed by atoms with Gasteiger partial charge in [0.1, 0.15) is 5.69 Å². The number of aryl methyl sites for hydroxylation is 1. The lowest BCUT2D eigenvalue weighted by molar-refractivity contribution is 0.0593. The van der Waals surface area contributed by atoms with E-state index in [0.717, 1.165) is 0 Å². The molecule has 1 aromatic carbocycles. The molecule has 1 unspecified atom stereocenters. The third kappa shape index (κ3) is 3.54. The third-order valence-corrected chi connectivity index (χ3v) is 4.54. The van der Waals surface area contributed by atoms with Crippen molar-refractivity contribution in [2.75, 3.05) is 13.7 Å². The van der Waals surface area contributed by atoms with Gasteiger partial charge in [0.25, 0.3) is 5.91 Å². The highest BCUT2D eigenvalue weighted by molar-refractivity contribution is 6.07. The van der Waals surface area contributed by atoms with Crippen molar-refractivity contribution in [3.8, 4) is 0 Å². The molecule has 26 heavy (non-hydrogen) atoms. The Bertz CT molecular complexity index is 824. The van der Waals surface area contributed by atoms with Gasteiger partial charge in [-0.2, -0.15) is 0 Å². The second-order valence-electron chi connectivity index (χ2n) is 6.11. The summed E-state index contributed by atoms with van der Waals surface area (Å²) < 4.78 is 4.74. The van der Waals surface area contributed by atoms with Crippen LogP contribution in [0.3, 0.4) is 0 Å². The predicted molar refractivity (Wildman–Crippen MR) is 98.6 cm³/mol. The quantitative estimate of drug-likeness (QED) is 0.637. The van der Waals surface area contributed by atoms with E-state index in [0.29, 0.717) is 28.9 Å². The first-order valence-electron chi connectivity index (χ1n) is 8.51. The highest BCUT2D eigenvalue weighted by atomic mass is 16.5. The number of hydrogen-bond donors (Lipinski definition) is 1. The van der Waals surface area contributed by atoms with Crippen LogP contribution in [0, 0.1) is 13.8 Å². The lowest BCUT2D eigenvalue weighted by Crippen LogP contribution is -2.43. The minimum atomic E-state index is -0.661. The molecular formula is C20H24N2O4. The Balaban J connectivity index is 2.35. The van der Waals surface area contributed by atoms with E-state index >= 15 is 0 Å². The zero-order valence-electron chi connectivity index (χ0n) is 15.8. The molecule has 2 aromatic rings. The Morgan fingerprint density at radius 1 is 1.15 bits per heavy atom. The fraction of sp³-hybridized carbons (Fsp3) is 0.350. The summed E-state index contributed by atoms with van der Waals surface area (Å²) in [7, 11) is 1.29. The molecule has 138 valence electrons. The maximum atomic E-state index is 13.1. The molecule has 6 heteroatoms. The number of aromatic nitrogens is 1. The number of hydrogen-bond acceptors (Lipinski definition) is 4. The van der Waals surface area contributed by atoms with E-state index in [1.165, 1.54) is 12.0 Å². The van der Waals surface area contributed by atoms with Gasteiger partial charge in [0.05, 0.1) is 13.2 Å². The second-order valence-corrected chi connectivity index (χ2v) is 6.11. The minimum absolute atomic E-state index is 0.201. The number of nitrogens with one attached hydrogen (secondary N) is 1. The molecule has 1 aromatic heterocycles. The number of aromatic amines is 1. The van der Waals surface area contributed by atoms with Gasteiger partial charge in [-0.15, -0.1) is 0 Å². The van der Waals surface area contributed by atoms with Gasteiger partial charge in [0.15, 0.2) is 5.78 Å². The van der Waals surface area contributed by atoms with Gasteiger partial charge in [-0.05, 0) is 45.4 Å². The van der Waals surface area contributed by atoms with Gasteiger partial charge in [-0.3, -0.25) is 9.59 Å². The number of esters is 1. The molecule has 0 aliphatic carbocycles. The molecular weight excluding hydrogens is 332 g/mol. The van der Waals surface area contributed by atoms with E-state index in [2.05, 4.69) is 4.98 Å². The average molecular weight is 356 g/mol. The van der Waals surface area contributed by atoms with Gasteiger partial charge in [-0.1, -0.05) is 18.2 Å². The van der Waals surface area contributed by atoms with Crippen LogP contribution in [0.4, 0.5) is 0 Å². The van der Waals surface area contributed by atoms with Crippen molar-refractivity contribution in [2.24, 2.45) is 0 Å². The molecule has 0 saturated heterocycles. The maximum Gasteiger partial charge on any atom is 0.354 e. The Morgan fingerprint density at radius 2 is 1.77 bits per heavy atom. The molecule has 0 spiro atoms. The summed E-state index contributed by atoms with van der Waals surface area (Å²) in [6, 6.07) is 8.20. The summed E-state index contributed by atoms with van der Waals surface area (Å²) in [5.74, 6) is -0.935. The van der Waals surface area contributed by atoms with Gasteiger partial charge >= 0.3 is 5.97 Å². The van der Waals surface area contributed by atoms with Crippen LogP contribution < -0.4 is 0 Å². The lowest BCUT2D eigenvalue weighted by Gasteiger charge is -2.27. The van der Waals surface area contributed by atoms with Crippen LogP contribution in [-0.4, -0.2) is 47.2 Å². The van der Waals surface area contributed by atoms with Crippen molar-refractivity contribution < 1.29 is 19.1 Å². The SMILES string of the molecule is CCN(C(=O)c1ccccc1)C(C)C(=O)c1c(C)[nH]c(C(=O)OC)c1C. The van der Waals surface area contributed by atoms with Crippen LogP contribution in [0.5, 0.6) is 0 Å². The number of rotatable bonds is 6. The van der Waals surface area contributed by atoms with E-state index in [-0.39, 0.29) is 17.4 Å². The fourth-order valence-electron chi connectivity index (χ4n) is 3.12. The summed E-state index contributed by atoms with van der Waals surface area (Å²) in [5, 5.41) is 0. The second kappa shape index (κ2) is 7.99. The summed E-state index contributed by atoms with van der Waals surface area (Å²) in [6.07, 6.45) is 0. The fourth-order valence-corrected chi connectivity index (χ4v) is 3.12. The van der Waals surface area contributed by atoms with Crippen LogP contribution in [0.1, 0.15) is 56.3 Å². The third-order valence-electron chi connectivity index (χ3n) is 4.54. The molecule has 0 bridgehead atoms. The molecule has 0 radical (unpaired) electrons. The lowest BCUT2D eigenvalue weighted by atomic mass is 9.99. The monoisotopic (exact) mass is 356 g/mol. The average Bonchev–Trinajstić information content (AvgIpc) is 2.95. The molecule has 0 aliphatic rings. The maximum absolute atomic E-state index is 13.1. The van der Waals surface area contributed by atoms with Crippen molar-refractivity contribution in [3.63, 3.8) is 0 Å². The van der Waals surface area contributed by atoms with Crippen LogP contribution in [0.15, 0.2) is 30.3 Å². The van der Waals surface area contributed by atoms with E-state index in [9.17, 15) is 14.4 Å². The van der Waals surface area contributed by atoms with Crippen molar-refractivity contribution in [3.05, 3.63) is 58.4 Å². The normalized spacial score (nSPS) is 11.7. The summed E-state index contributed by atoms with van der Waals surface area (Å²) >= 11 is 0. The Morgan fingerprint density at radius 3 is 2.31 bits per heavy atom. The highest BCUT2D eigenvalue weighted by Crippen LogP contribution is 2.22. The summed E-state index contributed by atoms with van der Waals surface area (Å²) in [4.78, 5) is 42.1. The number of ether oxygens (including phenoxy) is 1. The molecule has 6 nitrogen and oxygen atoms in total. The molecule has 1 N–H and O–H groups in total. The molecule has 2 rings (SSSR count). The molecule has 1 atom stereocenters. The molecule has 1 amide bonds. The number of carbonyl (C=O) groups excluding carboxylic acids is 3. The van der Waals surface area contributed by atoms with Gasteiger partial charge in [-0.25, -0.2) is 4.79 Å². The van der Waals surface area contributed by atoms with E-state index in [1.54, 1.807) is 45.0 Å².